The lowest BCUT2D eigenvalue weighted by atomic mass is 10.0. The van der Waals surface area contributed by atoms with Gasteiger partial charge >= 0.3 is 0 Å². The number of hydrogen-bond acceptors (Lipinski definition) is 2. The largest absolute Gasteiger partial charge is 0.330 e. The first-order valence-corrected chi connectivity index (χ1v) is 7.33. The second-order valence-corrected chi connectivity index (χ2v) is 5.90. The summed E-state index contributed by atoms with van der Waals surface area (Å²) in [5, 5.41) is 2.82. The highest BCUT2D eigenvalue weighted by atomic mass is 35.5. The number of halogens is 2. The van der Waals surface area contributed by atoms with Crippen LogP contribution in [0.15, 0.2) is 18.2 Å². The Labute approximate surface area is 128 Å². The first-order valence-electron chi connectivity index (χ1n) is 6.95. The maximum absolute atomic E-state index is 13.0. The monoisotopic (exact) mass is 312 g/mol. The zero-order chi connectivity index (χ0) is 15.6. The number of anilines is 1. The number of nitrogens with zero attached hydrogens (tertiary/aromatic N) is 1. The molecule has 4 nitrogen and oxygen atoms in total. The fraction of sp³-hybridized carbons (Fsp3) is 0.467. The zero-order valence-corrected chi connectivity index (χ0v) is 12.8. The topological polar surface area (TPSA) is 49.4 Å². The number of carbonyl (C=O) groups is 2. The Kier molecular flexibility index (Phi) is 4.83. The molecule has 2 rings (SSSR count). The van der Waals surface area contributed by atoms with E-state index in [1.165, 1.54) is 12.1 Å². The van der Waals surface area contributed by atoms with E-state index >= 15 is 0 Å². The van der Waals surface area contributed by atoms with E-state index in [1.54, 1.807) is 4.90 Å². The molecule has 1 aliphatic heterocycles. The molecule has 0 radical (unpaired) electrons. The van der Waals surface area contributed by atoms with Crippen LogP contribution in [-0.2, 0) is 9.59 Å². The molecule has 6 heteroatoms. The van der Waals surface area contributed by atoms with Crippen molar-refractivity contribution in [2.24, 2.45) is 5.92 Å². The molecule has 2 amide bonds. The van der Waals surface area contributed by atoms with Crippen molar-refractivity contribution in [2.75, 3.05) is 11.9 Å². The van der Waals surface area contributed by atoms with Crippen molar-refractivity contribution in [2.45, 2.75) is 32.7 Å². The second-order valence-electron chi connectivity index (χ2n) is 5.49. The Hall–Kier alpha value is -1.62. The molecule has 0 bridgehead atoms. The molecule has 1 N–H and O–H groups in total. The van der Waals surface area contributed by atoms with Crippen LogP contribution in [0.2, 0.25) is 5.02 Å². The molecule has 0 spiro atoms. The van der Waals surface area contributed by atoms with Crippen LogP contribution in [0.3, 0.4) is 0 Å². The van der Waals surface area contributed by atoms with Crippen molar-refractivity contribution in [3.8, 4) is 0 Å². The van der Waals surface area contributed by atoms with Crippen LogP contribution in [0, 0.1) is 11.7 Å². The molecule has 1 aromatic rings. The summed E-state index contributed by atoms with van der Waals surface area (Å²) in [5.41, 5.74) is 0.348. The quantitative estimate of drug-likeness (QED) is 0.929. The third kappa shape index (κ3) is 3.53. The lowest BCUT2D eigenvalue weighted by Crippen LogP contribution is -2.48. The summed E-state index contributed by atoms with van der Waals surface area (Å²) < 4.78 is 13.0. The fourth-order valence-electron chi connectivity index (χ4n) is 2.56. The lowest BCUT2D eigenvalue weighted by Gasteiger charge is -2.30. The van der Waals surface area contributed by atoms with Gasteiger partial charge in [-0.25, -0.2) is 4.39 Å². The fourth-order valence-corrected chi connectivity index (χ4v) is 2.78. The van der Waals surface area contributed by atoms with Gasteiger partial charge in [0.15, 0.2) is 0 Å². The molecule has 21 heavy (non-hydrogen) atoms. The maximum Gasteiger partial charge on any atom is 0.247 e. The van der Waals surface area contributed by atoms with Crippen LogP contribution in [0.5, 0.6) is 0 Å². The lowest BCUT2D eigenvalue weighted by molar-refractivity contribution is -0.136. The van der Waals surface area contributed by atoms with Crippen molar-refractivity contribution >= 4 is 29.1 Å². The van der Waals surface area contributed by atoms with E-state index in [4.69, 9.17) is 11.6 Å². The minimum atomic E-state index is -0.541. The summed E-state index contributed by atoms with van der Waals surface area (Å²) in [6, 6.07) is 3.25. The van der Waals surface area contributed by atoms with Gasteiger partial charge in [-0.1, -0.05) is 25.4 Å². The summed E-state index contributed by atoms with van der Waals surface area (Å²) >= 11 is 5.91. The zero-order valence-electron chi connectivity index (χ0n) is 12.0. The Morgan fingerprint density at radius 1 is 1.43 bits per heavy atom. The van der Waals surface area contributed by atoms with E-state index in [1.807, 2.05) is 13.8 Å². The van der Waals surface area contributed by atoms with Gasteiger partial charge in [-0.3, -0.25) is 9.59 Å². The predicted molar refractivity (Wildman–Crippen MR) is 79.6 cm³/mol. The Balaban J connectivity index is 2.17. The van der Waals surface area contributed by atoms with Gasteiger partial charge in [-0.2, -0.15) is 0 Å². The van der Waals surface area contributed by atoms with E-state index in [0.717, 1.165) is 12.5 Å². The molecule has 1 heterocycles. The molecule has 0 saturated carbocycles. The van der Waals surface area contributed by atoms with Crippen LogP contribution in [0.25, 0.3) is 0 Å². The number of amides is 2. The molecule has 0 aromatic heterocycles. The van der Waals surface area contributed by atoms with Gasteiger partial charge in [0.2, 0.25) is 11.8 Å². The van der Waals surface area contributed by atoms with Crippen molar-refractivity contribution < 1.29 is 14.0 Å². The van der Waals surface area contributed by atoms with E-state index < -0.39 is 11.9 Å². The van der Waals surface area contributed by atoms with E-state index in [9.17, 15) is 14.0 Å². The maximum atomic E-state index is 13.0. The highest BCUT2D eigenvalue weighted by Crippen LogP contribution is 2.25. The Morgan fingerprint density at radius 3 is 2.67 bits per heavy atom. The summed E-state index contributed by atoms with van der Waals surface area (Å²) in [6.07, 6.45) is 1.25. The number of benzene rings is 1. The average molecular weight is 313 g/mol. The van der Waals surface area contributed by atoms with E-state index in [0.29, 0.717) is 18.7 Å². The summed E-state index contributed by atoms with van der Waals surface area (Å²) in [4.78, 5) is 25.9. The Bertz CT molecular complexity index is 563. The highest BCUT2D eigenvalue weighted by Gasteiger charge is 2.35. The smallest absolute Gasteiger partial charge is 0.247 e. The van der Waals surface area contributed by atoms with Gasteiger partial charge in [-0.05, 0) is 30.5 Å². The van der Waals surface area contributed by atoms with Crippen LogP contribution >= 0.6 is 11.6 Å². The minimum absolute atomic E-state index is 0.00551. The number of carbonyl (C=O) groups excluding carboxylic acids is 2. The number of nitrogens with one attached hydrogen (secondary N) is 1. The van der Waals surface area contributed by atoms with Crippen molar-refractivity contribution in [3.05, 3.63) is 29.0 Å². The molecule has 1 aromatic carbocycles. The van der Waals surface area contributed by atoms with Crippen LogP contribution < -0.4 is 5.32 Å². The molecule has 1 atom stereocenters. The second kappa shape index (κ2) is 6.43. The SMILES string of the molecule is CC(C)C(C(=O)Nc1ccc(F)cc1Cl)N1CCCC1=O. The third-order valence-electron chi connectivity index (χ3n) is 3.53. The molecule has 114 valence electrons. The average Bonchev–Trinajstić information content (AvgIpc) is 2.79. The van der Waals surface area contributed by atoms with Crippen molar-refractivity contribution in [1.29, 1.82) is 0 Å². The van der Waals surface area contributed by atoms with Crippen molar-refractivity contribution in [3.63, 3.8) is 0 Å². The first kappa shape index (κ1) is 15.8. The molecular weight excluding hydrogens is 295 g/mol. The number of likely N-dealkylation sites (tertiary alicyclic amines) is 1. The highest BCUT2D eigenvalue weighted by molar-refractivity contribution is 6.33. The summed E-state index contributed by atoms with van der Waals surface area (Å²) in [5.74, 6) is -0.790. The Morgan fingerprint density at radius 2 is 2.14 bits per heavy atom. The normalized spacial score (nSPS) is 16.4. The summed E-state index contributed by atoms with van der Waals surface area (Å²) in [6.45, 7) is 4.37. The number of rotatable bonds is 4. The molecule has 1 unspecified atom stereocenters. The minimum Gasteiger partial charge on any atom is -0.330 e. The van der Waals surface area contributed by atoms with Crippen molar-refractivity contribution in [1.82, 2.24) is 4.90 Å². The standard InChI is InChI=1S/C15H18ClFN2O2/c1-9(2)14(19-7-3-4-13(19)20)15(21)18-12-6-5-10(17)8-11(12)16/h5-6,8-9,14H,3-4,7H2,1-2H3,(H,18,21). The summed E-state index contributed by atoms with van der Waals surface area (Å²) in [7, 11) is 0. The molecular formula is C15H18ClFN2O2. The van der Waals surface area contributed by atoms with E-state index in [2.05, 4.69) is 5.32 Å². The van der Waals surface area contributed by atoms with E-state index in [-0.39, 0.29) is 22.8 Å². The molecule has 1 fully saturated rings. The molecule has 1 saturated heterocycles. The van der Waals surface area contributed by atoms with Crippen LogP contribution in [0.1, 0.15) is 26.7 Å². The van der Waals surface area contributed by atoms with Gasteiger partial charge < -0.3 is 10.2 Å². The first-order chi connectivity index (χ1) is 9.90. The number of hydrogen-bond donors (Lipinski definition) is 1. The predicted octanol–water partition coefficient (Wildman–Crippen LogP) is 3.06. The van der Waals surface area contributed by atoms with Crippen LogP contribution in [-0.4, -0.2) is 29.3 Å². The van der Waals surface area contributed by atoms with Gasteiger partial charge in [-0.15, -0.1) is 0 Å². The van der Waals surface area contributed by atoms with Gasteiger partial charge in [0.05, 0.1) is 10.7 Å². The van der Waals surface area contributed by atoms with Gasteiger partial charge in [0.25, 0.3) is 0 Å². The van der Waals surface area contributed by atoms with Gasteiger partial charge in [0, 0.05) is 13.0 Å². The molecule has 0 aliphatic carbocycles. The third-order valence-corrected chi connectivity index (χ3v) is 3.85. The van der Waals surface area contributed by atoms with Crippen LogP contribution in [0.4, 0.5) is 10.1 Å². The molecule has 1 aliphatic rings. The van der Waals surface area contributed by atoms with Gasteiger partial charge in [0.1, 0.15) is 11.9 Å².